The predicted molar refractivity (Wildman–Crippen MR) is 71.5 cm³/mol. The number of carbonyl (C=O) groups excluding carboxylic acids is 1. The first-order chi connectivity index (χ1) is 8.31. The molecule has 0 bridgehead atoms. The Morgan fingerprint density at radius 3 is 2.59 bits per heavy atom. The Balaban J connectivity index is 2.28. The second-order valence-electron chi connectivity index (χ2n) is 3.56. The van der Waals surface area contributed by atoms with E-state index in [0.29, 0.717) is 0 Å². The third-order valence-corrected chi connectivity index (χ3v) is 3.57. The van der Waals surface area contributed by atoms with Crippen LogP contribution in [0.25, 0.3) is 0 Å². The zero-order chi connectivity index (χ0) is 12.1. The summed E-state index contributed by atoms with van der Waals surface area (Å²) in [5.41, 5.74) is 1.06. The second kappa shape index (κ2) is 5.84. The van der Waals surface area contributed by atoms with Crippen molar-refractivity contribution in [3.63, 3.8) is 0 Å². The SMILES string of the molecule is O=C(CCl)NC(c1ccccc1)c1cccs1. The highest BCUT2D eigenvalue weighted by Crippen LogP contribution is 2.25. The molecule has 2 nitrogen and oxygen atoms in total. The summed E-state index contributed by atoms with van der Waals surface area (Å²) in [5.74, 6) is -0.178. The Bertz CT molecular complexity index is 469. The van der Waals surface area contributed by atoms with Crippen molar-refractivity contribution in [2.45, 2.75) is 6.04 Å². The molecule has 2 rings (SSSR count). The van der Waals surface area contributed by atoms with Crippen molar-refractivity contribution in [2.24, 2.45) is 0 Å². The van der Waals surface area contributed by atoms with E-state index in [9.17, 15) is 4.79 Å². The Hall–Kier alpha value is -1.32. The number of hydrogen-bond donors (Lipinski definition) is 1. The lowest BCUT2D eigenvalue weighted by Gasteiger charge is -2.17. The van der Waals surface area contributed by atoms with E-state index in [4.69, 9.17) is 11.6 Å². The zero-order valence-electron chi connectivity index (χ0n) is 9.10. The minimum Gasteiger partial charge on any atom is -0.343 e. The summed E-state index contributed by atoms with van der Waals surface area (Å²) in [5, 5.41) is 4.92. The molecule has 1 amide bonds. The van der Waals surface area contributed by atoms with Crippen LogP contribution in [0.2, 0.25) is 0 Å². The smallest absolute Gasteiger partial charge is 0.235 e. The molecule has 0 fully saturated rings. The van der Waals surface area contributed by atoms with E-state index < -0.39 is 0 Å². The summed E-state index contributed by atoms with van der Waals surface area (Å²) in [4.78, 5) is 12.6. The van der Waals surface area contributed by atoms with Crippen LogP contribution < -0.4 is 5.32 Å². The van der Waals surface area contributed by atoms with Crippen molar-refractivity contribution in [1.82, 2.24) is 5.32 Å². The number of carbonyl (C=O) groups is 1. The number of rotatable bonds is 4. The second-order valence-corrected chi connectivity index (χ2v) is 4.81. The van der Waals surface area contributed by atoms with Crippen molar-refractivity contribution in [3.05, 3.63) is 58.3 Å². The van der Waals surface area contributed by atoms with E-state index in [0.717, 1.165) is 10.4 Å². The highest BCUT2D eigenvalue weighted by molar-refractivity contribution is 7.10. The number of amides is 1. The van der Waals surface area contributed by atoms with Crippen LogP contribution in [-0.4, -0.2) is 11.8 Å². The van der Waals surface area contributed by atoms with Gasteiger partial charge < -0.3 is 5.32 Å². The first kappa shape index (κ1) is 12.1. The number of halogens is 1. The molecule has 0 aliphatic carbocycles. The molecule has 0 aliphatic heterocycles. The number of alkyl halides is 1. The fourth-order valence-corrected chi connectivity index (χ4v) is 2.50. The van der Waals surface area contributed by atoms with E-state index in [1.807, 2.05) is 47.8 Å². The van der Waals surface area contributed by atoms with Gasteiger partial charge in [0.25, 0.3) is 0 Å². The van der Waals surface area contributed by atoms with E-state index in [1.54, 1.807) is 11.3 Å². The fraction of sp³-hybridized carbons (Fsp3) is 0.154. The Kier molecular flexibility index (Phi) is 4.18. The monoisotopic (exact) mass is 265 g/mol. The first-order valence-corrected chi connectivity index (χ1v) is 6.66. The maximum absolute atomic E-state index is 11.5. The van der Waals surface area contributed by atoms with Gasteiger partial charge in [-0.2, -0.15) is 0 Å². The Morgan fingerprint density at radius 2 is 2.00 bits per heavy atom. The van der Waals surface area contributed by atoms with Gasteiger partial charge in [-0.15, -0.1) is 22.9 Å². The lowest BCUT2D eigenvalue weighted by molar-refractivity contribution is -0.119. The highest BCUT2D eigenvalue weighted by Gasteiger charge is 2.16. The molecule has 1 heterocycles. The van der Waals surface area contributed by atoms with Crippen LogP contribution in [0.5, 0.6) is 0 Å². The van der Waals surface area contributed by atoms with Gasteiger partial charge >= 0.3 is 0 Å². The van der Waals surface area contributed by atoms with Gasteiger partial charge in [-0.3, -0.25) is 4.79 Å². The van der Waals surface area contributed by atoms with Crippen molar-refractivity contribution < 1.29 is 4.79 Å². The Morgan fingerprint density at radius 1 is 1.24 bits per heavy atom. The van der Waals surface area contributed by atoms with Crippen LogP contribution in [0.3, 0.4) is 0 Å². The van der Waals surface area contributed by atoms with Gasteiger partial charge in [-0.25, -0.2) is 0 Å². The van der Waals surface area contributed by atoms with Gasteiger partial charge in [0.2, 0.25) is 5.91 Å². The maximum atomic E-state index is 11.5. The minimum atomic E-state index is -0.158. The number of thiophene rings is 1. The van der Waals surface area contributed by atoms with Gasteiger partial charge in [0.05, 0.1) is 6.04 Å². The molecule has 0 radical (unpaired) electrons. The van der Waals surface area contributed by atoms with Gasteiger partial charge in [-0.1, -0.05) is 36.4 Å². The summed E-state index contributed by atoms with van der Waals surface area (Å²) in [6, 6.07) is 13.8. The number of hydrogen-bond acceptors (Lipinski definition) is 2. The highest BCUT2D eigenvalue weighted by atomic mass is 35.5. The summed E-state index contributed by atoms with van der Waals surface area (Å²) in [7, 11) is 0. The van der Waals surface area contributed by atoms with Gasteiger partial charge in [0.15, 0.2) is 0 Å². The third kappa shape index (κ3) is 3.08. The molecular formula is C13H12ClNOS. The van der Waals surface area contributed by atoms with E-state index >= 15 is 0 Å². The molecule has 88 valence electrons. The Labute approximate surface area is 109 Å². The molecule has 2 aromatic rings. The van der Waals surface area contributed by atoms with Crippen molar-refractivity contribution >= 4 is 28.8 Å². The van der Waals surface area contributed by atoms with Crippen molar-refractivity contribution in [2.75, 3.05) is 5.88 Å². The van der Waals surface area contributed by atoms with Crippen LogP contribution in [0.15, 0.2) is 47.8 Å². The van der Waals surface area contributed by atoms with Crippen LogP contribution in [-0.2, 0) is 4.79 Å². The average molecular weight is 266 g/mol. The molecular weight excluding hydrogens is 254 g/mol. The maximum Gasteiger partial charge on any atom is 0.235 e. The average Bonchev–Trinajstić information content (AvgIpc) is 2.90. The first-order valence-electron chi connectivity index (χ1n) is 5.25. The largest absolute Gasteiger partial charge is 0.343 e. The molecule has 17 heavy (non-hydrogen) atoms. The van der Waals surface area contributed by atoms with Crippen molar-refractivity contribution in [1.29, 1.82) is 0 Å². The van der Waals surface area contributed by atoms with E-state index in [1.165, 1.54) is 0 Å². The summed E-state index contributed by atoms with van der Waals surface area (Å²) >= 11 is 7.16. The van der Waals surface area contributed by atoms with E-state index in [2.05, 4.69) is 5.32 Å². The number of nitrogens with one attached hydrogen (secondary N) is 1. The molecule has 4 heteroatoms. The van der Waals surface area contributed by atoms with Crippen molar-refractivity contribution in [3.8, 4) is 0 Å². The summed E-state index contributed by atoms with van der Waals surface area (Å²) < 4.78 is 0. The summed E-state index contributed by atoms with van der Waals surface area (Å²) in [6.07, 6.45) is 0. The molecule has 0 aliphatic rings. The van der Waals surface area contributed by atoms with Crippen LogP contribution in [0, 0.1) is 0 Å². The quantitative estimate of drug-likeness (QED) is 0.845. The van der Waals surface area contributed by atoms with Gasteiger partial charge in [0, 0.05) is 4.88 Å². The minimum absolute atomic E-state index is 0.0191. The van der Waals surface area contributed by atoms with Crippen LogP contribution in [0.1, 0.15) is 16.5 Å². The third-order valence-electron chi connectivity index (χ3n) is 2.39. The summed E-state index contributed by atoms with van der Waals surface area (Å²) in [6.45, 7) is 0. The topological polar surface area (TPSA) is 29.1 Å². The normalized spacial score (nSPS) is 12.1. The lowest BCUT2D eigenvalue weighted by atomic mass is 10.1. The molecule has 1 N–H and O–H groups in total. The lowest BCUT2D eigenvalue weighted by Crippen LogP contribution is -2.29. The zero-order valence-corrected chi connectivity index (χ0v) is 10.7. The number of benzene rings is 1. The van der Waals surface area contributed by atoms with E-state index in [-0.39, 0.29) is 17.8 Å². The van der Waals surface area contributed by atoms with Crippen LogP contribution >= 0.6 is 22.9 Å². The molecule has 1 aromatic carbocycles. The molecule has 0 saturated heterocycles. The molecule has 1 aromatic heterocycles. The standard InChI is InChI=1S/C13H12ClNOS/c14-9-12(16)15-13(11-7-4-8-17-11)10-5-2-1-3-6-10/h1-8,13H,9H2,(H,15,16). The molecule has 0 spiro atoms. The molecule has 1 unspecified atom stereocenters. The molecule has 0 saturated carbocycles. The fourth-order valence-electron chi connectivity index (χ4n) is 1.62. The van der Waals surface area contributed by atoms with Gasteiger partial charge in [0.1, 0.15) is 5.88 Å². The predicted octanol–water partition coefficient (Wildman–Crippen LogP) is 3.19. The molecule has 1 atom stereocenters. The van der Waals surface area contributed by atoms with Crippen LogP contribution in [0.4, 0.5) is 0 Å². The van der Waals surface area contributed by atoms with Gasteiger partial charge in [-0.05, 0) is 17.0 Å².